The molecular formula is C19H19NO5. The van der Waals surface area contributed by atoms with Crippen molar-refractivity contribution in [3.05, 3.63) is 59.7 Å². The zero-order valence-corrected chi connectivity index (χ0v) is 13.6. The van der Waals surface area contributed by atoms with Crippen LogP contribution in [0.4, 0.5) is 5.69 Å². The van der Waals surface area contributed by atoms with Crippen molar-refractivity contribution < 1.29 is 24.2 Å². The number of carbonyl (C=O) groups excluding carboxylic acids is 1. The number of carboxylic acids is 1. The molecule has 0 aromatic heterocycles. The first kappa shape index (κ1) is 17.0. The third-order valence-corrected chi connectivity index (χ3v) is 3.95. The molecule has 0 atom stereocenters. The molecule has 1 saturated heterocycles. The van der Waals surface area contributed by atoms with Crippen molar-refractivity contribution in [2.24, 2.45) is 0 Å². The highest BCUT2D eigenvalue weighted by Gasteiger charge is 2.15. The lowest BCUT2D eigenvalue weighted by atomic mass is 10.1. The largest absolute Gasteiger partial charge is 0.490 e. The van der Waals surface area contributed by atoms with Crippen LogP contribution in [0.2, 0.25) is 0 Å². The van der Waals surface area contributed by atoms with Crippen LogP contribution in [0.1, 0.15) is 33.6 Å². The summed E-state index contributed by atoms with van der Waals surface area (Å²) in [7, 11) is 0. The Morgan fingerprint density at radius 3 is 2.44 bits per heavy atom. The fourth-order valence-corrected chi connectivity index (χ4v) is 2.60. The van der Waals surface area contributed by atoms with E-state index in [0.717, 1.165) is 18.6 Å². The lowest BCUT2D eigenvalue weighted by Crippen LogP contribution is -2.25. The van der Waals surface area contributed by atoms with Gasteiger partial charge in [-0.3, -0.25) is 4.79 Å². The number of anilines is 1. The SMILES string of the molecule is O=C(O)c1cccc(NC(=O)c2ccc(OC3CCOCC3)cc2)c1. The topological polar surface area (TPSA) is 84.9 Å². The fraction of sp³-hybridized carbons (Fsp3) is 0.263. The molecule has 1 aliphatic heterocycles. The van der Waals surface area contributed by atoms with Crippen molar-refractivity contribution in [1.82, 2.24) is 0 Å². The van der Waals surface area contributed by atoms with Crippen molar-refractivity contribution >= 4 is 17.6 Å². The Labute approximate surface area is 145 Å². The molecule has 2 N–H and O–H groups in total. The summed E-state index contributed by atoms with van der Waals surface area (Å²) in [6.45, 7) is 1.42. The number of hydrogen-bond acceptors (Lipinski definition) is 4. The number of aromatic carboxylic acids is 1. The Morgan fingerprint density at radius 1 is 1.04 bits per heavy atom. The molecular weight excluding hydrogens is 322 g/mol. The van der Waals surface area contributed by atoms with Gasteiger partial charge in [0, 0.05) is 24.1 Å². The van der Waals surface area contributed by atoms with Crippen molar-refractivity contribution in [1.29, 1.82) is 0 Å². The minimum Gasteiger partial charge on any atom is -0.490 e. The second-order valence-electron chi connectivity index (χ2n) is 5.79. The number of ether oxygens (including phenoxy) is 2. The van der Waals surface area contributed by atoms with E-state index in [9.17, 15) is 9.59 Å². The minimum atomic E-state index is -1.04. The maximum atomic E-state index is 12.3. The molecule has 2 aromatic rings. The Morgan fingerprint density at radius 2 is 1.76 bits per heavy atom. The number of amides is 1. The van der Waals surface area contributed by atoms with Gasteiger partial charge in [-0.05, 0) is 42.5 Å². The van der Waals surface area contributed by atoms with E-state index in [4.69, 9.17) is 14.6 Å². The third-order valence-electron chi connectivity index (χ3n) is 3.95. The van der Waals surface area contributed by atoms with Gasteiger partial charge in [0.25, 0.3) is 5.91 Å². The highest BCUT2D eigenvalue weighted by Crippen LogP contribution is 2.19. The zero-order valence-electron chi connectivity index (χ0n) is 13.6. The van der Waals surface area contributed by atoms with Crippen molar-refractivity contribution in [3.8, 4) is 5.75 Å². The number of rotatable bonds is 5. The van der Waals surface area contributed by atoms with E-state index < -0.39 is 5.97 Å². The number of benzene rings is 2. The van der Waals surface area contributed by atoms with Crippen LogP contribution in [0.5, 0.6) is 5.75 Å². The van der Waals surface area contributed by atoms with Gasteiger partial charge in [0.1, 0.15) is 11.9 Å². The van der Waals surface area contributed by atoms with Crippen LogP contribution in [0.3, 0.4) is 0 Å². The molecule has 2 aromatic carbocycles. The van der Waals surface area contributed by atoms with E-state index in [1.807, 2.05) is 0 Å². The van der Waals surface area contributed by atoms with Gasteiger partial charge in [-0.15, -0.1) is 0 Å². The quantitative estimate of drug-likeness (QED) is 0.872. The second kappa shape index (κ2) is 7.81. The van der Waals surface area contributed by atoms with E-state index in [2.05, 4.69) is 5.32 Å². The highest BCUT2D eigenvalue weighted by atomic mass is 16.5. The van der Waals surface area contributed by atoms with Gasteiger partial charge in [0.2, 0.25) is 0 Å². The van der Waals surface area contributed by atoms with Gasteiger partial charge in [-0.1, -0.05) is 6.07 Å². The fourth-order valence-electron chi connectivity index (χ4n) is 2.60. The predicted octanol–water partition coefficient (Wildman–Crippen LogP) is 3.19. The molecule has 1 fully saturated rings. The zero-order chi connectivity index (χ0) is 17.6. The minimum absolute atomic E-state index is 0.123. The summed E-state index contributed by atoms with van der Waals surface area (Å²) in [4.78, 5) is 23.3. The summed E-state index contributed by atoms with van der Waals surface area (Å²) >= 11 is 0. The van der Waals surface area contributed by atoms with Crippen LogP contribution in [0.15, 0.2) is 48.5 Å². The molecule has 6 nitrogen and oxygen atoms in total. The summed E-state index contributed by atoms with van der Waals surface area (Å²) in [6.07, 6.45) is 1.87. The van der Waals surface area contributed by atoms with Crippen molar-refractivity contribution in [3.63, 3.8) is 0 Å². The Bertz CT molecular complexity index is 751. The molecule has 0 unspecified atom stereocenters. The second-order valence-corrected chi connectivity index (χ2v) is 5.79. The number of carboxylic acid groups (broad SMARTS) is 1. The average molecular weight is 341 g/mol. The standard InChI is InChI=1S/C19H19NO5/c21-18(20-15-3-1-2-14(12-15)19(22)23)13-4-6-16(7-5-13)25-17-8-10-24-11-9-17/h1-7,12,17H,8-11H2,(H,20,21)(H,22,23). The average Bonchev–Trinajstić information content (AvgIpc) is 2.63. The monoisotopic (exact) mass is 341 g/mol. The maximum Gasteiger partial charge on any atom is 0.335 e. The first-order valence-electron chi connectivity index (χ1n) is 8.11. The van der Waals surface area contributed by atoms with Gasteiger partial charge in [0.05, 0.1) is 18.8 Å². The molecule has 1 aliphatic rings. The normalized spacial score (nSPS) is 14.7. The van der Waals surface area contributed by atoms with Crippen LogP contribution in [0.25, 0.3) is 0 Å². The molecule has 0 radical (unpaired) electrons. The first-order chi connectivity index (χ1) is 12.1. The van der Waals surface area contributed by atoms with Gasteiger partial charge in [-0.2, -0.15) is 0 Å². The lowest BCUT2D eigenvalue weighted by molar-refractivity contribution is 0.0255. The summed E-state index contributed by atoms with van der Waals surface area (Å²) in [6, 6.07) is 13.0. The van der Waals surface area contributed by atoms with Gasteiger partial charge >= 0.3 is 5.97 Å². The Hall–Kier alpha value is -2.86. The highest BCUT2D eigenvalue weighted by molar-refractivity contribution is 6.04. The van der Waals surface area contributed by atoms with Gasteiger partial charge in [-0.25, -0.2) is 4.79 Å². The molecule has 0 aliphatic carbocycles. The summed E-state index contributed by atoms with van der Waals surface area (Å²) in [5.74, 6) is -0.623. The molecule has 130 valence electrons. The van der Waals surface area contributed by atoms with Crippen molar-refractivity contribution in [2.45, 2.75) is 18.9 Å². The van der Waals surface area contributed by atoms with Crippen LogP contribution in [-0.2, 0) is 4.74 Å². The van der Waals surface area contributed by atoms with E-state index >= 15 is 0 Å². The molecule has 0 spiro atoms. The van der Waals surface area contributed by atoms with Crippen LogP contribution < -0.4 is 10.1 Å². The Kier molecular flexibility index (Phi) is 5.30. The molecule has 6 heteroatoms. The van der Waals surface area contributed by atoms with Gasteiger partial charge < -0.3 is 19.9 Å². The third kappa shape index (κ3) is 4.58. The molecule has 0 bridgehead atoms. The maximum absolute atomic E-state index is 12.3. The molecule has 3 rings (SSSR count). The molecule has 25 heavy (non-hydrogen) atoms. The predicted molar refractivity (Wildman–Crippen MR) is 92.3 cm³/mol. The van der Waals surface area contributed by atoms with Crippen molar-refractivity contribution in [2.75, 3.05) is 18.5 Å². The van der Waals surface area contributed by atoms with Crippen LogP contribution in [0, 0.1) is 0 Å². The number of nitrogens with one attached hydrogen (secondary N) is 1. The number of carbonyl (C=O) groups is 2. The van der Waals surface area contributed by atoms with Gasteiger partial charge in [0.15, 0.2) is 0 Å². The Balaban J connectivity index is 1.62. The molecule has 0 saturated carbocycles. The van der Waals surface area contributed by atoms with Crippen LogP contribution in [-0.4, -0.2) is 36.3 Å². The van der Waals surface area contributed by atoms with E-state index in [0.29, 0.717) is 24.5 Å². The van der Waals surface area contributed by atoms with E-state index in [-0.39, 0.29) is 17.6 Å². The first-order valence-corrected chi connectivity index (χ1v) is 8.11. The van der Waals surface area contributed by atoms with E-state index in [1.54, 1.807) is 36.4 Å². The van der Waals surface area contributed by atoms with E-state index in [1.165, 1.54) is 12.1 Å². The number of hydrogen-bond donors (Lipinski definition) is 2. The molecule has 1 amide bonds. The summed E-state index contributed by atoms with van der Waals surface area (Å²) in [5, 5.41) is 11.7. The molecule has 1 heterocycles. The smallest absolute Gasteiger partial charge is 0.335 e. The summed E-state index contributed by atoms with van der Waals surface area (Å²) in [5.41, 5.74) is 1.03. The lowest BCUT2D eigenvalue weighted by Gasteiger charge is -2.23. The summed E-state index contributed by atoms with van der Waals surface area (Å²) < 4.78 is 11.2. The van der Waals surface area contributed by atoms with Crippen LogP contribution >= 0.6 is 0 Å².